The average Bonchev–Trinajstić information content (AvgIpc) is 2.76. The van der Waals surface area contributed by atoms with Gasteiger partial charge in [-0.25, -0.2) is 10.2 Å². The number of nitrogens with one attached hydrogen (secondary N) is 2. The number of hydrazone groups is 1. The van der Waals surface area contributed by atoms with Gasteiger partial charge in [0.25, 0.3) is 0 Å². The summed E-state index contributed by atoms with van der Waals surface area (Å²) in [6.07, 6.45) is 2.10. The third-order valence-electron chi connectivity index (χ3n) is 3.90. The van der Waals surface area contributed by atoms with Crippen LogP contribution in [0.3, 0.4) is 0 Å². The highest BCUT2D eigenvalue weighted by atomic mass is 16.5. The van der Waals surface area contributed by atoms with Gasteiger partial charge in [0, 0.05) is 6.54 Å². The predicted octanol–water partition coefficient (Wildman–Crippen LogP) is 1.95. The summed E-state index contributed by atoms with van der Waals surface area (Å²) >= 11 is 0. The minimum atomic E-state index is -0.987. The number of ether oxygens (including phenoxy) is 2. The number of carboxylic acids is 1. The van der Waals surface area contributed by atoms with E-state index < -0.39 is 17.8 Å². The van der Waals surface area contributed by atoms with Crippen molar-refractivity contribution in [2.24, 2.45) is 5.10 Å². The number of amides is 2. The van der Waals surface area contributed by atoms with Crippen molar-refractivity contribution < 1.29 is 29.0 Å². The third kappa shape index (κ3) is 6.62. The van der Waals surface area contributed by atoms with E-state index in [4.69, 9.17) is 14.6 Å². The highest BCUT2D eigenvalue weighted by molar-refractivity contribution is 6.35. The molecule has 9 nitrogen and oxygen atoms in total. The fourth-order valence-electron chi connectivity index (χ4n) is 2.32. The second-order valence-electron chi connectivity index (χ2n) is 6.16. The average molecular weight is 413 g/mol. The first-order valence-corrected chi connectivity index (χ1v) is 9.19. The Balaban J connectivity index is 1.96. The summed E-state index contributed by atoms with van der Waals surface area (Å²) < 4.78 is 11.1. The number of hydrogen-bond acceptors (Lipinski definition) is 6. The lowest BCUT2D eigenvalue weighted by Crippen LogP contribution is -2.38. The normalized spacial score (nSPS) is 10.5. The Kier molecular flexibility index (Phi) is 8.37. The van der Waals surface area contributed by atoms with Crippen LogP contribution in [-0.2, 0) is 16.2 Å². The maximum atomic E-state index is 11.6. The summed E-state index contributed by atoms with van der Waals surface area (Å²) in [5, 5.41) is 15.1. The molecule has 0 aromatic heterocycles. The van der Waals surface area contributed by atoms with E-state index in [0.29, 0.717) is 23.6 Å². The minimum Gasteiger partial charge on any atom is -0.493 e. The van der Waals surface area contributed by atoms with Crippen molar-refractivity contribution >= 4 is 24.0 Å². The number of hydrogen-bond donors (Lipinski definition) is 3. The zero-order chi connectivity index (χ0) is 21.9. The molecule has 0 saturated carbocycles. The van der Waals surface area contributed by atoms with Gasteiger partial charge in [-0.3, -0.25) is 9.59 Å². The van der Waals surface area contributed by atoms with Crippen molar-refractivity contribution in [2.75, 3.05) is 13.7 Å². The summed E-state index contributed by atoms with van der Waals surface area (Å²) in [4.78, 5) is 33.9. The molecule has 2 aromatic rings. The summed E-state index contributed by atoms with van der Waals surface area (Å²) in [6.45, 7) is 2.52. The molecule has 9 heteroatoms. The Bertz CT molecular complexity index is 925. The lowest BCUT2D eigenvalue weighted by Gasteiger charge is -2.11. The predicted molar refractivity (Wildman–Crippen MR) is 110 cm³/mol. The van der Waals surface area contributed by atoms with Gasteiger partial charge in [0.2, 0.25) is 0 Å². The molecule has 2 aromatic carbocycles. The molecule has 0 saturated heterocycles. The maximum absolute atomic E-state index is 11.6. The molecule has 0 spiro atoms. The standard InChI is InChI=1S/C21H23N3O6/c1-3-10-22-19(25)20(26)24-23-12-15-6-9-17(18(11-15)29-2)30-13-14-4-7-16(8-5-14)21(27)28/h4-9,11-12H,3,10,13H2,1-2H3,(H,22,25)(H,24,26)(H,27,28)/b23-12-. The topological polar surface area (TPSA) is 126 Å². The smallest absolute Gasteiger partial charge is 0.335 e. The fraction of sp³-hybridized carbons (Fsp3) is 0.238. The first kappa shape index (κ1) is 22.4. The molecule has 30 heavy (non-hydrogen) atoms. The van der Waals surface area contributed by atoms with E-state index in [2.05, 4.69) is 15.8 Å². The van der Waals surface area contributed by atoms with Gasteiger partial charge in [-0.2, -0.15) is 5.10 Å². The van der Waals surface area contributed by atoms with Crippen LogP contribution >= 0.6 is 0 Å². The van der Waals surface area contributed by atoms with Crippen LogP contribution in [0.4, 0.5) is 0 Å². The minimum absolute atomic E-state index is 0.204. The lowest BCUT2D eigenvalue weighted by molar-refractivity contribution is -0.139. The second kappa shape index (κ2) is 11.2. The number of carbonyl (C=O) groups is 3. The van der Waals surface area contributed by atoms with Crippen molar-refractivity contribution in [3.05, 3.63) is 59.2 Å². The van der Waals surface area contributed by atoms with Crippen molar-refractivity contribution in [1.82, 2.24) is 10.7 Å². The van der Waals surface area contributed by atoms with Gasteiger partial charge >= 0.3 is 17.8 Å². The van der Waals surface area contributed by atoms with E-state index in [9.17, 15) is 14.4 Å². The molecule has 0 aliphatic rings. The summed E-state index contributed by atoms with van der Waals surface area (Å²) in [6, 6.07) is 11.4. The van der Waals surface area contributed by atoms with Crippen LogP contribution < -0.4 is 20.2 Å². The van der Waals surface area contributed by atoms with Crippen LogP contribution in [0.15, 0.2) is 47.6 Å². The summed E-state index contributed by atoms with van der Waals surface area (Å²) in [5.74, 6) is -1.64. The van der Waals surface area contributed by atoms with Gasteiger partial charge in [-0.1, -0.05) is 19.1 Å². The maximum Gasteiger partial charge on any atom is 0.335 e. The van der Waals surface area contributed by atoms with Crippen LogP contribution in [0.5, 0.6) is 11.5 Å². The molecule has 0 aliphatic heterocycles. The van der Waals surface area contributed by atoms with E-state index in [0.717, 1.165) is 12.0 Å². The fourth-order valence-corrected chi connectivity index (χ4v) is 2.32. The van der Waals surface area contributed by atoms with E-state index >= 15 is 0 Å². The largest absolute Gasteiger partial charge is 0.493 e. The Hall–Kier alpha value is -3.88. The Morgan fingerprint density at radius 1 is 1.07 bits per heavy atom. The van der Waals surface area contributed by atoms with Crippen molar-refractivity contribution in [3.8, 4) is 11.5 Å². The molecular weight excluding hydrogens is 390 g/mol. The molecule has 3 N–H and O–H groups in total. The van der Waals surface area contributed by atoms with Gasteiger partial charge in [-0.05, 0) is 47.9 Å². The van der Waals surface area contributed by atoms with Crippen LogP contribution in [0.25, 0.3) is 0 Å². The van der Waals surface area contributed by atoms with Gasteiger partial charge in [-0.15, -0.1) is 0 Å². The first-order valence-electron chi connectivity index (χ1n) is 9.19. The highest BCUT2D eigenvalue weighted by Gasteiger charge is 2.11. The van der Waals surface area contributed by atoms with E-state index in [1.165, 1.54) is 25.5 Å². The van der Waals surface area contributed by atoms with Crippen LogP contribution in [0, 0.1) is 0 Å². The van der Waals surface area contributed by atoms with Crippen molar-refractivity contribution in [2.45, 2.75) is 20.0 Å². The number of carboxylic acid groups (broad SMARTS) is 1. The zero-order valence-corrected chi connectivity index (χ0v) is 16.7. The molecule has 0 unspecified atom stereocenters. The quantitative estimate of drug-likeness (QED) is 0.328. The Labute approximate surface area is 173 Å². The molecule has 0 bridgehead atoms. The first-order chi connectivity index (χ1) is 14.4. The lowest BCUT2D eigenvalue weighted by atomic mass is 10.1. The SMILES string of the molecule is CCCNC(=O)C(=O)N/N=C\c1ccc(OCc2ccc(C(=O)O)cc2)c(OC)c1. The number of methoxy groups -OCH3 is 1. The van der Waals surface area contributed by atoms with E-state index in [-0.39, 0.29) is 12.2 Å². The van der Waals surface area contributed by atoms with Gasteiger partial charge in [0.05, 0.1) is 18.9 Å². The third-order valence-corrected chi connectivity index (χ3v) is 3.90. The van der Waals surface area contributed by atoms with Crippen molar-refractivity contribution in [3.63, 3.8) is 0 Å². The van der Waals surface area contributed by atoms with Crippen LogP contribution in [-0.4, -0.2) is 42.8 Å². The molecule has 0 heterocycles. The van der Waals surface area contributed by atoms with Gasteiger partial charge in [0.1, 0.15) is 6.61 Å². The molecule has 0 radical (unpaired) electrons. The monoisotopic (exact) mass is 413 g/mol. The Morgan fingerprint density at radius 3 is 2.43 bits per heavy atom. The van der Waals surface area contributed by atoms with Gasteiger partial charge in [0.15, 0.2) is 11.5 Å². The zero-order valence-electron chi connectivity index (χ0n) is 16.7. The van der Waals surface area contributed by atoms with E-state index in [1.54, 1.807) is 30.3 Å². The molecular formula is C21H23N3O6. The number of rotatable bonds is 9. The Morgan fingerprint density at radius 2 is 1.80 bits per heavy atom. The second-order valence-corrected chi connectivity index (χ2v) is 6.16. The molecule has 0 fully saturated rings. The summed E-state index contributed by atoms with van der Waals surface area (Å²) in [5.41, 5.74) is 3.79. The number of carbonyl (C=O) groups excluding carboxylic acids is 2. The number of nitrogens with zero attached hydrogens (tertiary/aromatic N) is 1. The molecule has 0 aliphatic carbocycles. The number of benzene rings is 2. The summed E-state index contributed by atoms with van der Waals surface area (Å²) in [7, 11) is 1.49. The number of aromatic carboxylic acids is 1. The van der Waals surface area contributed by atoms with Crippen molar-refractivity contribution in [1.29, 1.82) is 0 Å². The molecule has 158 valence electrons. The van der Waals surface area contributed by atoms with Crippen LogP contribution in [0.2, 0.25) is 0 Å². The van der Waals surface area contributed by atoms with E-state index in [1.807, 2.05) is 6.92 Å². The molecule has 2 amide bonds. The van der Waals surface area contributed by atoms with Crippen LogP contribution in [0.1, 0.15) is 34.8 Å². The van der Waals surface area contributed by atoms with Gasteiger partial charge < -0.3 is 19.9 Å². The molecule has 2 rings (SSSR count). The molecule has 0 atom stereocenters. The highest BCUT2D eigenvalue weighted by Crippen LogP contribution is 2.28.